The van der Waals surface area contributed by atoms with Gasteiger partial charge in [-0.2, -0.15) is 8.42 Å². The van der Waals surface area contributed by atoms with Gasteiger partial charge in [0, 0.05) is 5.92 Å². The molecule has 0 aliphatic heterocycles. The molecule has 0 saturated carbocycles. The minimum atomic E-state index is -4.02. The SMILES string of the molecule is C=CC1C(=C)C=Cc2ccccc21.Cc1ccc(S(=O)(=O)O)cc1. The largest absolute Gasteiger partial charge is 0.294 e. The smallest absolute Gasteiger partial charge is 0.282 e. The Morgan fingerprint density at radius 3 is 2.25 bits per heavy atom. The molecule has 0 saturated heterocycles. The van der Waals surface area contributed by atoms with Crippen molar-refractivity contribution in [2.45, 2.75) is 17.7 Å². The van der Waals surface area contributed by atoms with E-state index in [0.29, 0.717) is 5.92 Å². The van der Waals surface area contributed by atoms with E-state index in [-0.39, 0.29) is 4.90 Å². The first-order chi connectivity index (χ1) is 11.3. The van der Waals surface area contributed by atoms with E-state index in [4.69, 9.17) is 4.55 Å². The van der Waals surface area contributed by atoms with Crippen LogP contribution in [0.5, 0.6) is 0 Å². The monoisotopic (exact) mass is 340 g/mol. The third-order valence-corrected chi connectivity index (χ3v) is 4.63. The van der Waals surface area contributed by atoms with Crippen molar-refractivity contribution in [1.82, 2.24) is 0 Å². The molecule has 4 heteroatoms. The van der Waals surface area contributed by atoms with Crippen molar-refractivity contribution in [3.63, 3.8) is 0 Å². The molecule has 1 aliphatic carbocycles. The van der Waals surface area contributed by atoms with E-state index in [2.05, 4.69) is 49.6 Å². The minimum Gasteiger partial charge on any atom is -0.282 e. The van der Waals surface area contributed by atoms with Gasteiger partial charge >= 0.3 is 0 Å². The Morgan fingerprint density at radius 1 is 1.04 bits per heavy atom. The second-order valence-corrected chi connectivity index (χ2v) is 6.96. The van der Waals surface area contributed by atoms with Gasteiger partial charge in [-0.15, -0.1) is 6.58 Å². The molecular formula is C20H20O3S. The maximum absolute atomic E-state index is 10.5. The van der Waals surface area contributed by atoms with Crippen LogP contribution in [0.3, 0.4) is 0 Å². The van der Waals surface area contributed by atoms with E-state index in [9.17, 15) is 8.42 Å². The summed E-state index contributed by atoms with van der Waals surface area (Å²) in [5.74, 6) is 0.293. The number of rotatable bonds is 2. The first-order valence-corrected chi connectivity index (χ1v) is 8.89. The maximum atomic E-state index is 10.5. The number of hydrogen-bond acceptors (Lipinski definition) is 2. The highest BCUT2D eigenvalue weighted by molar-refractivity contribution is 7.85. The first kappa shape index (κ1) is 17.9. The van der Waals surface area contributed by atoms with Crippen LogP contribution in [0, 0.1) is 6.92 Å². The zero-order valence-electron chi connectivity index (χ0n) is 13.5. The summed E-state index contributed by atoms with van der Waals surface area (Å²) in [6, 6.07) is 14.4. The first-order valence-electron chi connectivity index (χ1n) is 7.45. The van der Waals surface area contributed by atoms with Crippen molar-refractivity contribution in [3.05, 3.63) is 96.1 Å². The summed E-state index contributed by atoms with van der Waals surface area (Å²) in [4.78, 5) is -0.0666. The molecule has 1 unspecified atom stereocenters. The fourth-order valence-electron chi connectivity index (χ4n) is 2.43. The zero-order valence-corrected chi connectivity index (χ0v) is 14.3. The number of aryl methyl sites for hydroxylation is 1. The molecular weight excluding hydrogens is 320 g/mol. The summed E-state index contributed by atoms with van der Waals surface area (Å²) < 4.78 is 29.6. The van der Waals surface area contributed by atoms with Gasteiger partial charge in [0.05, 0.1) is 4.90 Å². The lowest BCUT2D eigenvalue weighted by Gasteiger charge is -2.20. The van der Waals surface area contributed by atoms with Gasteiger partial charge in [-0.3, -0.25) is 4.55 Å². The van der Waals surface area contributed by atoms with Crippen molar-refractivity contribution in [1.29, 1.82) is 0 Å². The molecule has 0 fully saturated rings. The molecule has 2 aromatic carbocycles. The van der Waals surface area contributed by atoms with Gasteiger partial charge in [-0.1, -0.05) is 66.8 Å². The van der Waals surface area contributed by atoms with Crippen molar-refractivity contribution in [3.8, 4) is 0 Å². The van der Waals surface area contributed by atoms with Crippen LogP contribution in [0.15, 0.2) is 84.3 Å². The van der Waals surface area contributed by atoms with Crippen LogP contribution >= 0.6 is 0 Å². The molecule has 0 bridgehead atoms. The Morgan fingerprint density at radius 2 is 1.67 bits per heavy atom. The van der Waals surface area contributed by atoms with Crippen LogP contribution in [0.2, 0.25) is 0 Å². The summed E-state index contributed by atoms with van der Waals surface area (Å²) >= 11 is 0. The second-order valence-electron chi connectivity index (χ2n) is 5.54. The molecule has 0 amide bonds. The Kier molecular flexibility index (Phi) is 5.54. The molecule has 1 atom stereocenters. The number of hydrogen-bond donors (Lipinski definition) is 1. The van der Waals surface area contributed by atoms with Gasteiger partial charge in [0.1, 0.15) is 0 Å². The van der Waals surface area contributed by atoms with Gasteiger partial charge < -0.3 is 0 Å². The van der Waals surface area contributed by atoms with Crippen LogP contribution in [0.1, 0.15) is 22.6 Å². The van der Waals surface area contributed by atoms with E-state index in [0.717, 1.165) is 11.1 Å². The van der Waals surface area contributed by atoms with Crippen LogP contribution in [0.25, 0.3) is 6.08 Å². The molecule has 3 nitrogen and oxygen atoms in total. The second kappa shape index (κ2) is 7.43. The van der Waals surface area contributed by atoms with Gasteiger partial charge in [0.15, 0.2) is 0 Å². The lowest BCUT2D eigenvalue weighted by atomic mass is 9.84. The Hall–Kier alpha value is -2.43. The Labute approximate surface area is 143 Å². The van der Waals surface area contributed by atoms with Gasteiger partial charge in [-0.05, 0) is 35.8 Å². The standard InChI is InChI=1S/C13H12.C7H8O3S/c1-3-12-10(2)8-9-11-6-4-5-7-13(11)12;1-6-2-4-7(5-3-6)11(8,9)10/h3-9,12H,1-2H2;2-5H,1H3,(H,8,9,10). The Balaban J connectivity index is 0.000000177. The van der Waals surface area contributed by atoms with Crippen molar-refractivity contribution in [2.75, 3.05) is 0 Å². The highest BCUT2D eigenvalue weighted by Crippen LogP contribution is 2.33. The molecule has 3 rings (SSSR count). The van der Waals surface area contributed by atoms with Gasteiger partial charge in [0.2, 0.25) is 0 Å². The number of allylic oxidation sites excluding steroid dienone is 3. The maximum Gasteiger partial charge on any atom is 0.294 e. The molecule has 0 spiro atoms. The third kappa shape index (κ3) is 4.31. The normalized spacial score (nSPS) is 15.9. The fraction of sp³-hybridized carbons (Fsp3) is 0.100. The quantitative estimate of drug-likeness (QED) is 0.632. The van der Waals surface area contributed by atoms with Crippen LogP contribution < -0.4 is 0 Å². The van der Waals surface area contributed by atoms with E-state index in [1.165, 1.54) is 23.3 Å². The predicted octanol–water partition coefficient (Wildman–Crippen LogP) is 4.78. The van der Waals surface area contributed by atoms with E-state index < -0.39 is 10.1 Å². The van der Waals surface area contributed by atoms with Crippen molar-refractivity contribution >= 4 is 16.2 Å². The topological polar surface area (TPSA) is 54.4 Å². The summed E-state index contributed by atoms with van der Waals surface area (Å²) in [6.45, 7) is 9.69. The van der Waals surface area contributed by atoms with Crippen molar-refractivity contribution in [2.24, 2.45) is 0 Å². The van der Waals surface area contributed by atoms with Gasteiger partial charge in [0.25, 0.3) is 10.1 Å². The molecule has 1 N–H and O–H groups in total. The summed E-state index contributed by atoms with van der Waals surface area (Å²) in [5, 5.41) is 0. The van der Waals surface area contributed by atoms with E-state index >= 15 is 0 Å². The molecule has 24 heavy (non-hydrogen) atoms. The zero-order chi connectivity index (χ0) is 17.7. The molecule has 0 radical (unpaired) electrons. The van der Waals surface area contributed by atoms with E-state index in [1.54, 1.807) is 12.1 Å². The van der Waals surface area contributed by atoms with Gasteiger partial charge in [-0.25, -0.2) is 0 Å². The van der Waals surface area contributed by atoms with Crippen LogP contribution in [-0.2, 0) is 10.1 Å². The molecule has 0 heterocycles. The molecule has 124 valence electrons. The molecule has 2 aromatic rings. The summed E-state index contributed by atoms with van der Waals surface area (Å²) in [7, 11) is -4.02. The predicted molar refractivity (Wildman–Crippen MR) is 98.5 cm³/mol. The summed E-state index contributed by atoms with van der Waals surface area (Å²) in [6.07, 6.45) is 6.12. The fourth-order valence-corrected chi connectivity index (χ4v) is 2.91. The average Bonchev–Trinajstić information content (AvgIpc) is 2.55. The highest BCUT2D eigenvalue weighted by Gasteiger charge is 2.15. The minimum absolute atomic E-state index is 0.0666. The average molecular weight is 340 g/mol. The third-order valence-electron chi connectivity index (χ3n) is 3.76. The van der Waals surface area contributed by atoms with E-state index in [1.807, 2.05) is 13.0 Å². The number of benzene rings is 2. The number of fused-ring (bicyclic) bond motifs is 1. The molecule has 1 aliphatic rings. The lowest BCUT2D eigenvalue weighted by Crippen LogP contribution is -2.02. The van der Waals surface area contributed by atoms with Crippen molar-refractivity contribution < 1.29 is 13.0 Å². The highest BCUT2D eigenvalue weighted by atomic mass is 32.2. The molecule has 0 aromatic heterocycles. The summed E-state index contributed by atoms with van der Waals surface area (Å²) in [5.41, 5.74) is 4.66. The Bertz CT molecular complexity index is 875. The van der Waals surface area contributed by atoms with Crippen LogP contribution in [-0.4, -0.2) is 13.0 Å². The lowest BCUT2D eigenvalue weighted by molar-refractivity contribution is 0.483. The van der Waals surface area contributed by atoms with Crippen LogP contribution in [0.4, 0.5) is 0 Å².